The molecule has 0 radical (unpaired) electrons. The molecule has 0 saturated carbocycles. The molecule has 24 heavy (non-hydrogen) atoms. The fourth-order valence-electron chi connectivity index (χ4n) is 2.70. The summed E-state index contributed by atoms with van der Waals surface area (Å²) in [6.45, 7) is 2.86. The average Bonchev–Trinajstić information content (AvgIpc) is 3.12. The third kappa shape index (κ3) is 3.37. The van der Waals surface area contributed by atoms with Gasteiger partial charge in [-0.2, -0.15) is 5.10 Å². The molecule has 0 saturated heterocycles. The molecule has 1 aromatic carbocycles. The van der Waals surface area contributed by atoms with E-state index in [4.69, 9.17) is 0 Å². The zero-order valence-corrected chi connectivity index (χ0v) is 14.2. The number of benzene rings is 1. The van der Waals surface area contributed by atoms with Crippen LogP contribution in [0.1, 0.15) is 27.6 Å². The highest BCUT2D eigenvalue weighted by Crippen LogP contribution is 2.14. The van der Waals surface area contributed by atoms with E-state index in [2.05, 4.69) is 10.1 Å². The van der Waals surface area contributed by atoms with E-state index in [0.717, 1.165) is 17.1 Å². The Morgan fingerprint density at radius 2 is 1.92 bits per heavy atom. The maximum Gasteiger partial charge on any atom is 0.272 e. The van der Waals surface area contributed by atoms with Gasteiger partial charge in [-0.05, 0) is 18.6 Å². The van der Waals surface area contributed by atoms with Gasteiger partial charge in [0.05, 0.1) is 12.2 Å². The zero-order chi connectivity index (χ0) is 17.1. The van der Waals surface area contributed by atoms with Gasteiger partial charge in [-0.25, -0.2) is 4.98 Å². The molecule has 0 spiro atoms. The summed E-state index contributed by atoms with van der Waals surface area (Å²) in [5, 5.41) is 4.28. The Hall–Kier alpha value is -2.89. The minimum Gasteiger partial charge on any atom is -0.337 e. The molecular weight excluding hydrogens is 302 g/mol. The fourth-order valence-corrected chi connectivity index (χ4v) is 2.70. The Balaban J connectivity index is 1.90. The molecule has 124 valence electrons. The summed E-state index contributed by atoms with van der Waals surface area (Å²) in [6, 6.07) is 11.8. The summed E-state index contributed by atoms with van der Waals surface area (Å²) in [5.41, 5.74) is 2.49. The van der Waals surface area contributed by atoms with E-state index in [0.29, 0.717) is 18.8 Å². The predicted molar refractivity (Wildman–Crippen MR) is 91.2 cm³/mol. The minimum atomic E-state index is -0.0510. The van der Waals surface area contributed by atoms with E-state index < -0.39 is 0 Å². The number of carbonyl (C=O) groups excluding carboxylic acids is 1. The summed E-state index contributed by atoms with van der Waals surface area (Å²) in [6.07, 6.45) is 3.63. The topological polar surface area (TPSA) is 56.0 Å². The van der Waals surface area contributed by atoms with Crippen molar-refractivity contribution in [1.29, 1.82) is 0 Å². The van der Waals surface area contributed by atoms with E-state index >= 15 is 0 Å². The maximum absolute atomic E-state index is 13.0. The van der Waals surface area contributed by atoms with Crippen LogP contribution in [-0.4, -0.2) is 30.1 Å². The molecule has 0 fully saturated rings. The first-order valence-corrected chi connectivity index (χ1v) is 7.84. The molecule has 0 N–H and O–H groups in total. The van der Waals surface area contributed by atoms with Crippen LogP contribution in [0.4, 0.5) is 0 Å². The lowest BCUT2D eigenvalue weighted by Gasteiger charge is -2.22. The molecule has 6 nitrogen and oxygen atoms in total. The van der Waals surface area contributed by atoms with Crippen LogP contribution >= 0.6 is 0 Å². The van der Waals surface area contributed by atoms with Gasteiger partial charge in [-0.3, -0.25) is 9.48 Å². The highest BCUT2D eigenvalue weighted by molar-refractivity contribution is 5.92. The largest absolute Gasteiger partial charge is 0.337 e. The van der Waals surface area contributed by atoms with Crippen molar-refractivity contribution in [3.8, 4) is 0 Å². The SMILES string of the molecule is Cc1cc(C(=O)N(Cc2ccccc2)Cc2nccn2C)n(C)n1. The van der Waals surface area contributed by atoms with Gasteiger partial charge >= 0.3 is 0 Å². The summed E-state index contributed by atoms with van der Waals surface area (Å²) < 4.78 is 3.56. The Morgan fingerprint density at radius 1 is 1.17 bits per heavy atom. The first-order valence-electron chi connectivity index (χ1n) is 7.84. The summed E-state index contributed by atoms with van der Waals surface area (Å²) in [7, 11) is 3.73. The average molecular weight is 323 g/mol. The van der Waals surface area contributed by atoms with E-state index in [1.807, 2.05) is 61.1 Å². The molecule has 1 amide bonds. The number of hydrogen-bond donors (Lipinski definition) is 0. The number of carbonyl (C=O) groups is 1. The molecule has 0 aliphatic rings. The minimum absolute atomic E-state index is 0.0510. The lowest BCUT2D eigenvalue weighted by Crippen LogP contribution is -2.32. The van der Waals surface area contributed by atoms with Gasteiger partial charge in [-0.1, -0.05) is 30.3 Å². The number of nitrogens with zero attached hydrogens (tertiary/aromatic N) is 5. The quantitative estimate of drug-likeness (QED) is 0.724. The first kappa shape index (κ1) is 16.0. The fraction of sp³-hybridized carbons (Fsp3) is 0.278. The molecule has 0 atom stereocenters. The zero-order valence-electron chi connectivity index (χ0n) is 14.2. The normalized spacial score (nSPS) is 10.8. The molecule has 6 heteroatoms. The number of imidazole rings is 1. The summed E-state index contributed by atoms with van der Waals surface area (Å²) in [5.74, 6) is 0.795. The summed E-state index contributed by atoms with van der Waals surface area (Å²) in [4.78, 5) is 19.2. The lowest BCUT2D eigenvalue weighted by molar-refractivity contribution is 0.0713. The van der Waals surface area contributed by atoms with E-state index in [1.54, 1.807) is 22.8 Å². The second kappa shape index (κ2) is 6.70. The molecule has 0 unspecified atom stereocenters. The van der Waals surface area contributed by atoms with Crippen molar-refractivity contribution in [3.05, 3.63) is 71.6 Å². The second-order valence-corrected chi connectivity index (χ2v) is 5.90. The molecule has 0 bridgehead atoms. The van der Waals surface area contributed by atoms with Crippen molar-refractivity contribution in [1.82, 2.24) is 24.2 Å². The van der Waals surface area contributed by atoms with Gasteiger partial charge in [0.2, 0.25) is 0 Å². The molecule has 2 aromatic heterocycles. The second-order valence-electron chi connectivity index (χ2n) is 5.90. The van der Waals surface area contributed by atoms with Crippen molar-refractivity contribution >= 4 is 5.91 Å². The van der Waals surface area contributed by atoms with E-state index in [-0.39, 0.29) is 5.91 Å². The standard InChI is InChI=1S/C18H21N5O/c1-14-11-16(22(3)20-14)18(24)23(12-15-7-5-4-6-8-15)13-17-19-9-10-21(17)2/h4-11H,12-13H2,1-3H3. The van der Waals surface area contributed by atoms with Gasteiger partial charge in [-0.15, -0.1) is 0 Å². The van der Waals surface area contributed by atoms with Crippen LogP contribution in [-0.2, 0) is 27.2 Å². The molecular formula is C18H21N5O. The van der Waals surface area contributed by atoms with Crippen LogP contribution in [0, 0.1) is 6.92 Å². The van der Waals surface area contributed by atoms with Gasteiger partial charge in [0.1, 0.15) is 11.5 Å². The number of aryl methyl sites for hydroxylation is 3. The van der Waals surface area contributed by atoms with Gasteiger partial charge in [0.25, 0.3) is 5.91 Å². The number of amides is 1. The van der Waals surface area contributed by atoms with Crippen LogP contribution < -0.4 is 0 Å². The van der Waals surface area contributed by atoms with E-state index in [9.17, 15) is 4.79 Å². The van der Waals surface area contributed by atoms with Gasteiger partial charge < -0.3 is 9.47 Å². The highest BCUT2D eigenvalue weighted by atomic mass is 16.2. The Kier molecular flexibility index (Phi) is 4.46. The molecule has 0 aliphatic carbocycles. The molecule has 3 rings (SSSR count). The van der Waals surface area contributed by atoms with Crippen molar-refractivity contribution in [2.75, 3.05) is 0 Å². The van der Waals surface area contributed by atoms with Crippen molar-refractivity contribution in [2.45, 2.75) is 20.0 Å². The smallest absolute Gasteiger partial charge is 0.272 e. The monoisotopic (exact) mass is 323 g/mol. The third-order valence-corrected chi connectivity index (χ3v) is 3.98. The van der Waals surface area contributed by atoms with Crippen molar-refractivity contribution in [2.24, 2.45) is 14.1 Å². The van der Waals surface area contributed by atoms with Crippen molar-refractivity contribution < 1.29 is 4.79 Å². The molecule has 3 aromatic rings. The van der Waals surface area contributed by atoms with Crippen LogP contribution in [0.2, 0.25) is 0 Å². The maximum atomic E-state index is 13.0. The number of hydrogen-bond acceptors (Lipinski definition) is 3. The van der Waals surface area contributed by atoms with Crippen LogP contribution in [0.5, 0.6) is 0 Å². The summed E-state index contributed by atoms with van der Waals surface area (Å²) >= 11 is 0. The Labute approximate surface area is 141 Å². The number of aromatic nitrogens is 4. The van der Waals surface area contributed by atoms with E-state index in [1.165, 1.54) is 0 Å². The predicted octanol–water partition coefficient (Wildman–Crippen LogP) is 2.30. The van der Waals surface area contributed by atoms with Crippen LogP contribution in [0.15, 0.2) is 48.8 Å². The van der Waals surface area contributed by atoms with Crippen LogP contribution in [0.3, 0.4) is 0 Å². The Bertz CT molecular complexity index is 834. The van der Waals surface area contributed by atoms with Crippen LogP contribution in [0.25, 0.3) is 0 Å². The van der Waals surface area contributed by atoms with Gasteiger partial charge in [0.15, 0.2) is 0 Å². The number of rotatable bonds is 5. The third-order valence-electron chi connectivity index (χ3n) is 3.98. The Morgan fingerprint density at radius 3 is 2.50 bits per heavy atom. The molecule has 2 heterocycles. The highest BCUT2D eigenvalue weighted by Gasteiger charge is 2.21. The van der Waals surface area contributed by atoms with Gasteiger partial charge in [0, 0.05) is 33.0 Å². The lowest BCUT2D eigenvalue weighted by atomic mass is 10.2. The first-order chi connectivity index (χ1) is 11.5. The van der Waals surface area contributed by atoms with Crippen molar-refractivity contribution in [3.63, 3.8) is 0 Å². The molecule has 0 aliphatic heterocycles.